The summed E-state index contributed by atoms with van der Waals surface area (Å²) >= 11 is 6.50. The summed E-state index contributed by atoms with van der Waals surface area (Å²) < 4.78 is 27.6. The fourth-order valence-corrected chi connectivity index (χ4v) is 5.44. The number of fused-ring (bicyclic) bond motifs is 1. The lowest BCUT2D eigenvalue weighted by molar-refractivity contribution is -0.120. The van der Waals surface area contributed by atoms with Crippen molar-refractivity contribution in [1.82, 2.24) is 15.0 Å². The Balaban J connectivity index is 1.43. The number of carbonyl (C=O) groups is 2. The first-order valence-corrected chi connectivity index (χ1v) is 13.3. The van der Waals surface area contributed by atoms with Gasteiger partial charge in [-0.25, -0.2) is 13.1 Å². The van der Waals surface area contributed by atoms with Gasteiger partial charge in [0.25, 0.3) is 0 Å². The number of halogens is 1. The van der Waals surface area contributed by atoms with Crippen LogP contribution in [0, 0.1) is 0 Å². The van der Waals surface area contributed by atoms with E-state index >= 15 is 0 Å². The molecule has 4 rings (SSSR count). The first-order chi connectivity index (χ1) is 17.3. The molecule has 4 aromatic rings. The van der Waals surface area contributed by atoms with Gasteiger partial charge in [0.05, 0.1) is 4.90 Å². The highest BCUT2D eigenvalue weighted by Gasteiger charge is 2.21. The van der Waals surface area contributed by atoms with Gasteiger partial charge in [0.1, 0.15) is 0 Å². The van der Waals surface area contributed by atoms with Crippen molar-refractivity contribution in [1.29, 1.82) is 0 Å². The van der Waals surface area contributed by atoms with Crippen molar-refractivity contribution in [3.8, 4) is 0 Å². The van der Waals surface area contributed by atoms with Crippen LogP contribution in [0.4, 0.5) is 0 Å². The number of aromatic nitrogens is 1. The SMILES string of the molecule is CC(=O)c1cccc(S(=O)(=O)NCCC(=O)NCC(c2ccccc2Cl)c2c[nH]c3ccccc23)c1. The molecule has 0 aliphatic carbocycles. The number of hydrogen-bond acceptors (Lipinski definition) is 4. The van der Waals surface area contributed by atoms with Crippen LogP contribution in [0.5, 0.6) is 0 Å². The summed E-state index contributed by atoms with van der Waals surface area (Å²) in [6.07, 6.45) is 1.88. The largest absolute Gasteiger partial charge is 0.361 e. The van der Waals surface area contributed by atoms with Crippen LogP contribution in [0.15, 0.2) is 83.9 Å². The molecule has 1 heterocycles. The summed E-state index contributed by atoms with van der Waals surface area (Å²) in [5, 5.41) is 4.56. The van der Waals surface area contributed by atoms with Gasteiger partial charge in [-0.3, -0.25) is 9.59 Å². The lowest BCUT2D eigenvalue weighted by Crippen LogP contribution is -2.33. The van der Waals surface area contributed by atoms with E-state index in [9.17, 15) is 18.0 Å². The van der Waals surface area contributed by atoms with Gasteiger partial charge < -0.3 is 10.3 Å². The van der Waals surface area contributed by atoms with Crippen LogP contribution in [-0.4, -0.2) is 38.2 Å². The molecule has 7 nitrogen and oxygen atoms in total. The fourth-order valence-electron chi connectivity index (χ4n) is 4.10. The fraction of sp³-hybridized carbons (Fsp3) is 0.185. The molecule has 0 saturated carbocycles. The number of aromatic amines is 1. The molecule has 1 aromatic heterocycles. The third-order valence-corrected chi connectivity index (χ3v) is 7.78. The normalized spacial score (nSPS) is 12.4. The Morgan fingerprint density at radius 3 is 2.50 bits per heavy atom. The summed E-state index contributed by atoms with van der Waals surface area (Å²) in [4.78, 5) is 27.4. The zero-order chi connectivity index (χ0) is 25.7. The average Bonchev–Trinajstić information content (AvgIpc) is 3.29. The Kier molecular flexibility index (Phi) is 7.88. The minimum atomic E-state index is -3.86. The number of hydrogen-bond donors (Lipinski definition) is 3. The van der Waals surface area contributed by atoms with Crippen molar-refractivity contribution in [2.24, 2.45) is 0 Å². The van der Waals surface area contributed by atoms with E-state index in [4.69, 9.17) is 11.6 Å². The quantitative estimate of drug-likeness (QED) is 0.263. The molecule has 0 fully saturated rings. The summed E-state index contributed by atoms with van der Waals surface area (Å²) in [6, 6.07) is 21.2. The third kappa shape index (κ3) is 5.84. The second kappa shape index (κ2) is 11.1. The summed E-state index contributed by atoms with van der Waals surface area (Å²) in [6.45, 7) is 1.58. The summed E-state index contributed by atoms with van der Waals surface area (Å²) in [5.41, 5.74) is 3.18. The smallest absolute Gasteiger partial charge is 0.240 e. The predicted molar refractivity (Wildman–Crippen MR) is 141 cm³/mol. The van der Waals surface area contributed by atoms with Crippen LogP contribution >= 0.6 is 11.6 Å². The van der Waals surface area contributed by atoms with E-state index < -0.39 is 10.0 Å². The molecular weight excluding hydrogens is 498 g/mol. The molecule has 186 valence electrons. The molecule has 0 radical (unpaired) electrons. The van der Waals surface area contributed by atoms with Crippen molar-refractivity contribution >= 4 is 44.2 Å². The van der Waals surface area contributed by atoms with Crippen molar-refractivity contribution in [2.75, 3.05) is 13.1 Å². The number of Topliss-reactive ketones (excluding diaryl/α,β-unsaturated/α-hetero) is 1. The van der Waals surface area contributed by atoms with E-state index in [0.717, 1.165) is 22.0 Å². The van der Waals surface area contributed by atoms with Gasteiger partial charge in [0, 0.05) is 53.1 Å². The Labute approximate surface area is 214 Å². The topological polar surface area (TPSA) is 108 Å². The maximum absolute atomic E-state index is 12.6. The second-order valence-corrected chi connectivity index (χ2v) is 10.6. The number of H-pyrrole nitrogens is 1. The number of ketones is 1. The van der Waals surface area contributed by atoms with Crippen molar-refractivity contribution in [3.05, 3.63) is 101 Å². The molecule has 36 heavy (non-hydrogen) atoms. The first kappa shape index (κ1) is 25.6. The minimum absolute atomic E-state index is 0.0197. The maximum Gasteiger partial charge on any atom is 0.240 e. The lowest BCUT2D eigenvalue weighted by Gasteiger charge is -2.19. The van der Waals surface area contributed by atoms with Crippen molar-refractivity contribution in [2.45, 2.75) is 24.2 Å². The molecule has 0 spiro atoms. The van der Waals surface area contributed by atoms with E-state index in [0.29, 0.717) is 10.6 Å². The molecule has 0 aliphatic heterocycles. The van der Waals surface area contributed by atoms with Crippen LogP contribution < -0.4 is 10.0 Å². The molecule has 3 aromatic carbocycles. The molecule has 1 atom stereocenters. The second-order valence-electron chi connectivity index (χ2n) is 8.40. The maximum atomic E-state index is 12.6. The average molecular weight is 524 g/mol. The molecule has 1 amide bonds. The highest BCUT2D eigenvalue weighted by Crippen LogP contribution is 2.34. The van der Waals surface area contributed by atoms with E-state index in [1.807, 2.05) is 54.7 Å². The highest BCUT2D eigenvalue weighted by atomic mass is 35.5. The molecule has 0 aliphatic rings. The number of nitrogens with one attached hydrogen (secondary N) is 3. The highest BCUT2D eigenvalue weighted by molar-refractivity contribution is 7.89. The van der Waals surface area contributed by atoms with Crippen LogP contribution in [0.2, 0.25) is 5.02 Å². The van der Waals surface area contributed by atoms with Crippen LogP contribution in [0.3, 0.4) is 0 Å². The van der Waals surface area contributed by atoms with Gasteiger partial charge >= 0.3 is 0 Å². The lowest BCUT2D eigenvalue weighted by atomic mass is 9.90. The Morgan fingerprint density at radius 2 is 1.72 bits per heavy atom. The Hall–Kier alpha value is -3.46. The standard InChI is InChI=1S/C27H26ClN3O4S/c1-18(32)19-7-6-8-20(15-19)36(34,35)31-14-13-27(33)30-17-23(21-9-2-4-11-25(21)28)24-16-29-26-12-5-3-10-22(24)26/h2-12,15-16,23,29,31H,13-14,17H2,1H3,(H,30,33). The number of amides is 1. The monoisotopic (exact) mass is 523 g/mol. The minimum Gasteiger partial charge on any atom is -0.361 e. The Bertz CT molecular complexity index is 1510. The third-order valence-electron chi connectivity index (χ3n) is 5.98. The number of rotatable bonds is 10. The molecular formula is C27H26ClN3O4S. The van der Waals surface area contributed by atoms with Gasteiger partial charge in [-0.2, -0.15) is 0 Å². The van der Waals surface area contributed by atoms with Gasteiger partial charge in [0.2, 0.25) is 15.9 Å². The van der Waals surface area contributed by atoms with E-state index in [-0.39, 0.29) is 42.0 Å². The number of para-hydroxylation sites is 1. The van der Waals surface area contributed by atoms with Gasteiger partial charge in [0.15, 0.2) is 5.78 Å². The van der Waals surface area contributed by atoms with Gasteiger partial charge in [-0.05, 0) is 42.3 Å². The van der Waals surface area contributed by atoms with Gasteiger partial charge in [-0.1, -0.05) is 60.1 Å². The zero-order valence-corrected chi connectivity index (χ0v) is 21.2. The molecule has 3 N–H and O–H groups in total. The van der Waals surface area contributed by atoms with Crippen molar-refractivity contribution < 1.29 is 18.0 Å². The van der Waals surface area contributed by atoms with E-state index in [2.05, 4.69) is 15.0 Å². The van der Waals surface area contributed by atoms with Crippen molar-refractivity contribution in [3.63, 3.8) is 0 Å². The van der Waals surface area contributed by atoms with E-state index in [1.54, 1.807) is 6.07 Å². The number of carbonyl (C=O) groups excluding carboxylic acids is 2. The first-order valence-electron chi connectivity index (χ1n) is 11.4. The Morgan fingerprint density at radius 1 is 0.972 bits per heavy atom. The molecule has 1 unspecified atom stereocenters. The molecule has 0 bridgehead atoms. The van der Waals surface area contributed by atoms with Crippen LogP contribution in [-0.2, 0) is 14.8 Å². The predicted octanol–water partition coefficient (Wildman–Crippen LogP) is 4.64. The molecule has 9 heteroatoms. The molecule has 0 saturated heterocycles. The van der Waals surface area contributed by atoms with E-state index in [1.165, 1.54) is 25.1 Å². The van der Waals surface area contributed by atoms with Crippen LogP contribution in [0.1, 0.15) is 40.7 Å². The summed E-state index contributed by atoms with van der Waals surface area (Å²) in [5.74, 6) is -0.730. The van der Waals surface area contributed by atoms with Crippen LogP contribution in [0.25, 0.3) is 10.9 Å². The zero-order valence-electron chi connectivity index (χ0n) is 19.6. The summed E-state index contributed by atoms with van der Waals surface area (Å²) in [7, 11) is -3.86. The van der Waals surface area contributed by atoms with Gasteiger partial charge in [-0.15, -0.1) is 0 Å². The number of benzene rings is 3. The number of sulfonamides is 1.